The minimum Gasteiger partial charge on any atom is -0.467 e. The van der Waals surface area contributed by atoms with Crippen molar-refractivity contribution in [2.45, 2.75) is 26.8 Å². The third-order valence-electron chi connectivity index (χ3n) is 3.66. The summed E-state index contributed by atoms with van der Waals surface area (Å²) >= 11 is 0. The Hall–Kier alpha value is -2.63. The molecule has 2 aromatic rings. The lowest BCUT2D eigenvalue weighted by molar-refractivity contribution is -0.142. The van der Waals surface area contributed by atoms with E-state index in [1.54, 1.807) is 32.0 Å². The number of rotatable bonds is 4. The molecule has 0 unspecified atom stereocenters. The second kappa shape index (κ2) is 6.64. The Balaban J connectivity index is 2.32. The highest BCUT2D eigenvalue weighted by Crippen LogP contribution is 2.21. The van der Waals surface area contributed by atoms with Gasteiger partial charge in [0.1, 0.15) is 11.9 Å². The molecular weight excluding hydrogens is 299 g/mol. The molecular formula is C17H19FN2O3. The topological polar surface area (TPSA) is 60.3 Å². The summed E-state index contributed by atoms with van der Waals surface area (Å²) in [5.74, 6) is -1.18. The lowest BCUT2D eigenvalue weighted by Gasteiger charge is -2.12. The van der Waals surface area contributed by atoms with Gasteiger partial charge >= 0.3 is 5.97 Å². The van der Waals surface area contributed by atoms with Crippen molar-refractivity contribution in [1.82, 2.24) is 9.88 Å². The first kappa shape index (κ1) is 16.7. The molecule has 0 aliphatic carbocycles. The van der Waals surface area contributed by atoms with Crippen molar-refractivity contribution in [1.29, 1.82) is 0 Å². The lowest BCUT2D eigenvalue weighted by atomic mass is 10.2. The van der Waals surface area contributed by atoms with Crippen LogP contribution in [0, 0.1) is 19.7 Å². The van der Waals surface area contributed by atoms with Gasteiger partial charge in [0.05, 0.1) is 12.7 Å². The first-order valence-corrected chi connectivity index (χ1v) is 7.18. The first-order chi connectivity index (χ1) is 10.8. The number of hydrogen-bond acceptors (Lipinski definition) is 3. The maximum absolute atomic E-state index is 13.1. The fourth-order valence-corrected chi connectivity index (χ4v) is 2.49. The van der Waals surface area contributed by atoms with E-state index in [2.05, 4.69) is 10.1 Å². The van der Waals surface area contributed by atoms with Gasteiger partial charge in [-0.15, -0.1) is 0 Å². The number of nitrogens with zero attached hydrogens (tertiary/aromatic N) is 1. The molecule has 0 aliphatic heterocycles. The number of ether oxygens (including phenoxy) is 1. The van der Waals surface area contributed by atoms with Crippen LogP contribution in [-0.2, 0) is 9.53 Å². The van der Waals surface area contributed by atoms with Gasteiger partial charge in [-0.1, -0.05) is 0 Å². The molecule has 1 amide bonds. The highest BCUT2D eigenvalue weighted by atomic mass is 19.1. The fourth-order valence-electron chi connectivity index (χ4n) is 2.49. The molecule has 1 heterocycles. The maximum Gasteiger partial charge on any atom is 0.328 e. The number of aromatic nitrogens is 1. The Morgan fingerprint density at radius 3 is 2.39 bits per heavy atom. The van der Waals surface area contributed by atoms with Crippen LogP contribution in [0.5, 0.6) is 0 Å². The van der Waals surface area contributed by atoms with E-state index in [0.717, 1.165) is 11.4 Å². The second-order valence-corrected chi connectivity index (χ2v) is 5.31. The van der Waals surface area contributed by atoms with Gasteiger partial charge in [0.15, 0.2) is 0 Å². The van der Waals surface area contributed by atoms with Crippen molar-refractivity contribution in [2.75, 3.05) is 7.11 Å². The Labute approximate surface area is 134 Å². The Bertz CT molecular complexity index is 735. The predicted molar refractivity (Wildman–Crippen MR) is 84.1 cm³/mol. The van der Waals surface area contributed by atoms with Crippen molar-refractivity contribution in [2.24, 2.45) is 0 Å². The van der Waals surface area contributed by atoms with Crippen molar-refractivity contribution < 1.29 is 18.7 Å². The molecule has 0 saturated heterocycles. The largest absolute Gasteiger partial charge is 0.467 e. The average molecular weight is 318 g/mol. The highest BCUT2D eigenvalue weighted by Gasteiger charge is 2.21. The van der Waals surface area contributed by atoms with Gasteiger partial charge in [0.2, 0.25) is 0 Å². The van der Waals surface area contributed by atoms with E-state index in [1.807, 2.05) is 11.5 Å². The summed E-state index contributed by atoms with van der Waals surface area (Å²) in [6.45, 7) is 5.22. The van der Waals surface area contributed by atoms with Crippen molar-refractivity contribution in [3.63, 3.8) is 0 Å². The number of nitrogens with one attached hydrogen (secondary N) is 1. The van der Waals surface area contributed by atoms with E-state index in [1.165, 1.54) is 19.2 Å². The van der Waals surface area contributed by atoms with Crippen molar-refractivity contribution >= 4 is 11.9 Å². The quantitative estimate of drug-likeness (QED) is 0.881. The van der Waals surface area contributed by atoms with Crippen LogP contribution in [0.2, 0.25) is 0 Å². The summed E-state index contributed by atoms with van der Waals surface area (Å²) in [5, 5.41) is 2.60. The van der Waals surface area contributed by atoms with Gasteiger partial charge in [0, 0.05) is 17.1 Å². The Morgan fingerprint density at radius 1 is 1.22 bits per heavy atom. The number of halogens is 1. The molecule has 0 radical (unpaired) electrons. The van der Waals surface area contributed by atoms with Crippen LogP contribution in [0.25, 0.3) is 5.69 Å². The number of benzene rings is 1. The minimum absolute atomic E-state index is 0.318. The van der Waals surface area contributed by atoms with Crippen LogP contribution in [0.4, 0.5) is 4.39 Å². The molecule has 122 valence electrons. The van der Waals surface area contributed by atoms with Gasteiger partial charge < -0.3 is 14.6 Å². The summed E-state index contributed by atoms with van der Waals surface area (Å²) in [7, 11) is 1.27. The van der Waals surface area contributed by atoms with Crippen LogP contribution < -0.4 is 5.32 Å². The predicted octanol–water partition coefficient (Wildman–Crippen LogP) is 2.52. The molecule has 0 aliphatic rings. The van der Waals surface area contributed by atoms with E-state index in [9.17, 15) is 14.0 Å². The molecule has 5 nitrogen and oxygen atoms in total. The molecule has 0 spiro atoms. The molecule has 0 saturated carbocycles. The van der Waals surface area contributed by atoms with Crippen LogP contribution in [0.15, 0.2) is 30.3 Å². The van der Waals surface area contributed by atoms with Gasteiger partial charge in [-0.05, 0) is 51.1 Å². The van der Waals surface area contributed by atoms with E-state index < -0.39 is 12.0 Å². The third kappa shape index (κ3) is 3.41. The molecule has 23 heavy (non-hydrogen) atoms. The summed E-state index contributed by atoms with van der Waals surface area (Å²) in [6, 6.07) is 7.03. The summed E-state index contributed by atoms with van der Waals surface area (Å²) in [5.41, 5.74) is 2.78. The zero-order valence-corrected chi connectivity index (χ0v) is 13.5. The highest BCUT2D eigenvalue weighted by molar-refractivity contribution is 5.98. The number of hydrogen-bond donors (Lipinski definition) is 1. The monoisotopic (exact) mass is 318 g/mol. The zero-order chi connectivity index (χ0) is 17.1. The number of carbonyl (C=O) groups excluding carboxylic acids is 2. The van der Waals surface area contributed by atoms with Gasteiger partial charge in [0.25, 0.3) is 5.91 Å². The molecule has 1 atom stereocenters. The molecule has 6 heteroatoms. The summed E-state index contributed by atoms with van der Waals surface area (Å²) in [4.78, 5) is 23.8. The smallest absolute Gasteiger partial charge is 0.328 e. The number of aryl methyl sites for hydroxylation is 1. The van der Waals surface area contributed by atoms with E-state index in [0.29, 0.717) is 11.3 Å². The SMILES string of the molecule is COC(=O)[C@H](C)NC(=O)c1cc(C)n(-c2ccc(F)cc2)c1C. The second-order valence-electron chi connectivity index (χ2n) is 5.31. The van der Waals surface area contributed by atoms with E-state index in [-0.39, 0.29) is 11.7 Å². The standard InChI is InChI=1S/C17H19FN2O3/c1-10-9-15(16(21)19-11(2)17(22)23-4)12(3)20(10)14-7-5-13(18)6-8-14/h5-9,11H,1-4H3,(H,19,21)/t11-/m0/s1. The Kier molecular flexibility index (Phi) is 4.83. The fraction of sp³-hybridized carbons (Fsp3) is 0.294. The molecule has 1 aromatic heterocycles. The van der Waals surface area contributed by atoms with Crippen molar-refractivity contribution in [3.8, 4) is 5.69 Å². The lowest BCUT2D eigenvalue weighted by Crippen LogP contribution is -2.39. The first-order valence-electron chi connectivity index (χ1n) is 7.18. The van der Waals surface area contributed by atoms with Gasteiger partial charge in [-0.25, -0.2) is 9.18 Å². The zero-order valence-electron chi connectivity index (χ0n) is 13.5. The van der Waals surface area contributed by atoms with E-state index >= 15 is 0 Å². The van der Waals surface area contributed by atoms with Crippen LogP contribution in [0.1, 0.15) is 28.7 Å². The number of methoxy groups -OCH3 is 1. The number of esters is 1. The minimum atomic E-state index is -0.735. The molecule has 2 rings (SSSR count). The average Bonchev–Trinajstić information content (AvgIpc) is 2.82. The number of amides is 1. The van der Waals surface area contributed by atoms with Crippen molar-refractivity contribution in [3.05, 3.63) is 53.1 Å². The number of carbonyl (C=O) groups is 2. The van der Waals surface area contributed by atoms with Gasteiger partial charge in [-0.2, -0.15) is 0 Å². The molecule has 1 aromatic carbocycles. The summed E-state index contributed by atoms with van der Waals surface area (Å²) < 4.78 is 19.5. The maximum atomic E-state index is 13.1. The van der Waals surface area contributed by atoms with Crippen LogP contribution in [-0.4, -0.2) is 29.6 Å². The van der Waals surface area contributed by atoms with Gasteiger partial charge in [-0.3, -0.25) is 4.79 Å². The van der Waals surface area contributed by atoms with Crippen LogP contribution in [0.3, 0.4) is 0 Å². The normalized spacial score (nSPS) is 11.9. The molecule has 0 bridgehead atoms. The van der Waals surface area contributed by atoms with Crippen LogP contribution >= 0.6 is 0 Å². The Morgan fingerprint density at radius 2 is 1.83 bits per heavy atom. The summed E-state index contributed by atoms with van der Waals surface area (Å²) in [6.07, 6.45) is 0. The third-order valence-corrected chi connectivity index (χ3v) is 3.66. The van der Waals surface area contributed by atoms with E-state index in [4.69, 9.17) is 0 Å². The molecule has 0 fully saturated rings. The molecule has 1 N–H and O–H groups in total.